The number of carbonyl (C=O) groups excluding carboxylic acids is 1. The summed E-state index contributed by atoms with van der Waals surface area (Å²) in [5, 5.41) is 8.29. The van der Waals surface area contributed by atoms with Crippen LogP contribution in [-0.2, 0) is 15.7 Å². The van der Waals surface area contributed by atoms with E-state index in [1.807, 2.05) is 11.9 Å². The molecule has 0 atom stereocenters. The molecule has 2 aromatic heterocycles. The summed E-state index contributed by atoms with van der Waals surface area (Å²) in [5.41, 5.74) is -0.435. The van der Waals surface area contributed by atoms with Crippen molar-refractivity contribution in [3.8, 4) is 0 Å². The van der Waals surface area contributed by atoms with Gasteiger partial charge in [0.25, 0.3) is 6.01 Å². The van der Waals surface area contributed by atoms with Gasteiger partial charge in [0, 0.05) is 45.5 Å². The molecular weight excluding hydrogens is 469 g/mol. The van der Waals surface area contributed by atoms with E-state index in [0.717, 1.165) is 32.4 Å². The lowest BCUT2D eigenvalue weighted by Gasteiger charge is -2.31. The van der Waals surface area contributed by atoms with Crippen LogP contribution in [0.15, 0.2) is 10.6 Å². The van der Waals surface area contributed by atoms with E-state index in [9.17, 15) is 18.0 Å². The van der Waals surface area contributed by atoms with Crippen LogP contribution in [0.1, 0.15) is 17.7 Å². The minimum atomic E-state index is -4.63. The molecule has 2 aliphatic heterocycles. The average Bonchev–Trinajstić information content (AvgIpc) is 3.12. The number of hydrogen-bond acceptors (Lipinski definition) is 10. The largest absolute Gasteiger partial charge is 0.421 e. The van der Waals surface area contributed by atoms with Crippen LogP contribution < -0.4 is 20.9 Å². The van der Waals surface area contributed by atoms with E-state index in [-0.39, 0.29) is 36.0 Å². The van der Waals surface area contributed by atoms with Gasteiger partial charge in [0.15, 0.2) is 0 Å². The standard InChI is InChI=1S/C21H29F3N8O3/c1-13-18(35-20(28-13)32-8-6-31(2)7-9-32)30-19-27-10-15(21(22,23)24)16(29-19)25-4-3-5-26-17(33)14-11-34-12-14/h10,14H,3-9,11-12H2,1-2H3,(H,26,33)(H2,25,27,29,30). The Balaban J connectivity index is 1.38. The summed E-state index contributed by atoms with van der Waals surface area (Å²) in [6, 6.07) is 0.443. The van der Waals surface area contributed by atoms with Crippen LogP contribution in [0.5, 0.6) is 0 Å². The molecule has 0 unspecified atom stereocenters. The second-order valence-corrected chi connectivity index (χ2v) is 8.59. The summed E-state index contributed by atoms with van der Waals surface area (Å²) in [6.45, 7) is 6.31. The predicted octanol–water partition coefficient (Wildman–Crippen LogP) is 1.85. The number of amides is 1. The van der Waals surface area contributed by atoms with Crippen LogP contribution >= 0.6 is 0 Å². The monoisotopic (exact) mass is 498 g/mol. The Morgan fingerprint density at radius 2 is 1.91 bits per heavy atom. The number of ether oxygens (including phenoxy) is 1. The molecule has 192 valence electrons. The number of nitrogens with one attached hydrogen (secondary N) is 3. The molecule has 0 saturated carbocycles. The first-order valence-corrected chi connectivity index (χ1v) is 11.4. The predicted molar refractivity (Wildman–Crippen MR) is 122 cm³/mol. The van der Waals surface area contributed by atoms with E-state index in [4.69, 9.17) is 9.15 Å². The number of hydrogen-bond donors (Lipinski definition) is 3. The number of likely N-dealkylation sites (N-methyl/N-ethyl adjacent to an activating group) is 1. The van der Waals surface area contributed by atoms with Crippen molar-refractivity contribution in [3.63, 3.8) is 0 Å². The fourth-order valence-electron chi connectivity index (χ4n) is 3.56. The number of anilines is 4. The minimum Gasteiger partial charge on any atom is -0.407 e. The maximum absolute atomic E-state index is 13.5. The summed E-state index contributed by atoms with van der Waals surface area (Å²) in [5.74, 6) is -0.397. The van der Waals surface area contributed by atoms with Crippen molar-refractivity contribution >= 4 is 29.6 Å². The lowest BCUT2D eigenvalue weighted by atomic mass is 10.1. The molecule has 2 aliphatic rings. The van der Waals surface area contributed by atoms with E-state index in [1.54, 1.807) is 6.92 Å². The van der Waals surface area contributed by atoms with E-state index in [0.29, 0.717) is 37.9 Å². The zero-order valence-electron chi connectivity index (χ0n) is 19.6. The first-order chi connectivity index (χ1) is 16.7. The van der Waals surface area contributed by atoms with Gasteiger partial charge in [-0.25, -0.2) is 4.98 Å². The maximum Gasteiger partial charge on any atom is 0.421 e. The summed E-state index contributed by atoms with van der Waals surface area (Å²) in [6.07, 6.45) is -3.49. The zero-order chi connectivity index (χ0) is 25.0. The van der Waals surface area contributed by atoms with Crippen molar-refractivity contribution < 1.29 is 27.1 Å². The van der Waals surface area contributed by atoms with Gasteiger partial charge >= 0.3 is 6.18 Å². The van der Waals surface area contributed by atoms with Crippen molar-refractivity contribution in [3.05, 3.63) is 17.5 Å². The number of aryl methyl sites for hydroxylation is 1. The maximum atomic E-state index is 13.5. The molecule has 0 bridgehead atoms. The van der Waals surface area contributed by atoms with Crippen LogP contribution in [0.25, 0.3) is 0 Å². The number of halogens is 3. The number of piperazine rings is 1. The van der Waals surface area contributed by atoms with Gasteiger partial charge in [-0.05, 0) is 20.4 Å². The number of alkyl halides is 3. The molecule has 2 fully saturated rings. The van der Waals surface area contributed by atoms with Gasteiger partial charge in [-0.3, -0.25) is 10.1 Å². The summed E-state index contributed by atoms with van der Waals surface area (Å²) in [7, 11) is 2.04. The van der Waals surface area contributed by atoms with Crippen LogP contribution in [0.4, 0.5) is 36.8 Å². The molecule has 0 spiro atoms. The molecule has 2 saturated heterocycles. The zero-order valence-corrected chi connectivity index (χ0v) is 19.6. The van der Waals surface area contributed by atoms with Crippen molar-refractivity contribution in [2.45, 2.75) is 19.5 Å². The second kappa shape index (κ2) is 10.6. The average molecular weight is 499 g/mol. The fourth-order valence-corrected chi connectivity index (χ4v) is 3.56. The Hall–Kier alpha value is -3.13. The lowest BCUT2D eigenvalue weighted by Crippen LogP contribution is -2.44. The Labute approximate surface area is 200 Å². The molecule has 0 radical (unpaired) electrons. The molecular formula is C21H29F3N8O3. The highest BCUT2D eigenvalue weighted by atomic mass is 19.4. The number of nitrogens with zero attached hydrogens (tertiary/aromatic N) is 5. The SMILES string of the molecule is Cc1nc(N2CCN(C)CC2)oc1Nc1ncc(C(F)(F)F)c(NCCCNC(=O)C2COC2)n1. The van der Waals surface area contributed by atoms with Gasteiger partial charge in [-0.1, -0.05) is 0 Å². The van der Waals surface area contributed by atoms with Gasteiger partial charge in [0.2, 0.25) is 17.7 Å². The van der Waals surface area contributed by atoms with E-state index >= 15 is 0 Å². The molecule has 1 amide bonds. The normalized spacial score (nSPS) is 17.2. The van der Waals surface area contributed by atoms with Gasteiger partial charge in [0.1, 0.15) is 17.1 Å². The number of oxazole rings is 1. The Morgan fingerprint density at radius 1 is 1.17 bits per heavy atom. The van der Waals surface area contributed by atoms with Gasteiger partial charge in [-0.2, -0.15) is 23.1 Å². The molecule has 14 heteroatoms. The molecule has 2 aromatic rings. The topological polar surface area (TPSA) is 121 Å². The van der Waals surface area contributed by atoms with Gasteiger partial charge in [-0.15, -0.1) is 0 Å². The summed E-state index contributed by atoms with van der Waals surface area (Å²) in [4.78, 5) is 28.3. The highest BCUT2D eigenvalue weighted by Gasteiger charge is 2.35. The number of carbonyl (C=O) groups is 1. The first kappa shape index (κ1) is 25.0. The highest BCUT2D eigenvalue weighted by Crippen LogP contribution is 2.34. The van der Waals surface area contributed by atoms with Gasteiger partial charge < -0.3 is 29.6 Å². The van der Waals surface area contributed by atoms with Gasteiger partial charge in [0.05, 0.1) is 19.1 Å². The molecule has 11 nitrogen and oxygen atoms in total. The molecule has 0 aromatic carbocycles. The minimum absolute atomic E-state index is 0.0528. The Bertz CT molecular complexity index is 1020. The lowest BCUT2D eigenvalue weighted by molar-refractivity contribution is -0.139. The molecule has 4 heterocycles. The van der Waals surface area contributed by atoms with Crippen molar-refractivity contribution in [2.75, 3.05) is 75.1 Å². The van der Waals surface area contributed by atoms with E-state index in [1.165, 1.54) is 0 Å². The van der Waals surface area contributed by atoms with Crippen LogP contribution in [0, 0.1) is 12.8 Å². The van der Waals surface area contributed by atoms with Crippen LogP contribution in [0.2, 0.25) is 0 Å². The third-order valence-corrected chi connectivity index (χ3v) is 5.83. The highest BCUT2D eigenvalue weighted by molar-refractivity contribution is 5.79. The molecule has 3 N–H and O–H groups in total. The summed E-state index contributed by atoms with van der Waals surface area (Å²) >= 11 is 0. The third-order valence-electron chi connectivity index (χ3n) is 5.83. The fraction of sp³-hybridized carbons (Fsp3) is 0.619. The summed E-state index contributed by atoms with van der Waals surface area (Å²) < 4.78 is 51.2. The number of rotatable bonds is 9. The van der Waals surface area contributed by atoms with Crippen molar-refractivity contribution in [1.29, 1.82) is 0 Å². The van der Waals surface area contributed by atoms with Crippen LogP contribution in [-0.4, -0.2) is 85.3 Å². The Morgan fingerprint density at radius 3 is 2.57 bits per heavy atom. The third kappa shape index (κ3) is 6.31. The smallest absolute Gasteiger partial charge is 0.407 e. The second-order valence-electron chi connectivity index (χ2n) is 8.59. The number of aromatic nitrogens is 3. The quantitative estimate of drug-likeness (QED) is 0.442. The molecule has 35 heavy (non-hydrogen) atoms. The Kier molecular flexibility index (Phi) is 7.60. The molecule has 4 rings (SSSR count). The van der Waals surface area contributed by atoms with Crippen molar-refractivity contribution in [2.24, 2.45) is 5.92 Å². The van der Waals surface area contributed by atoms with E-state index in [2.05, 4.69) is 35.8 Å². The first-order valence-electron chi connectivity index (χ1n) is 11.4. The van der Waals surface area contributed by atoms with E-state index < -0.39 is 11.7 Å². The van der Waals surface area contributed by atoms with Crippen LogP contribution in [0.3, 0.4) is 0 Å². The van der Waals surface area contributed by atoms with Crippen molar-refractivity contribution in [1.82, 2.24) is 25.2 Å². The molecule has 0 aliphatic carbocycles.